The van der Waals surface area contributed by atoms with E-state index in [-0.39, 0.29) is 5.60 Å². The van der Waals surface area contributed by atoms with Crippen molar-refractivity contribution in [3.63, 3.8) is 0 Å². The van der Waals surface area contributed by atoms with Gasteiger partial charge in [0.1, 0.15) is 0 Å². The van der Waals surface area contributed by atoms with Crippen LogP contribution >= 0.6 is 39.0 Å². The van der Waals surface area contributed by atoms with Crippen molar-refractivity contribution in [2.45, 2.75) is 37.8 Å². The summed E-state index contributed by atoms with van der Waals surface area (Å²) in [5.74, 6) is 3.14. The van der Waals surface area contributed by atoms with E-state index in [4.69, 9.17) is 4.74 Å². The summed E-state index contributed by atoms with van der Waals surface area (Å²) >= 11 is 7.59. The largest absolute Gasteiger partial charge is 0.374 e. The molecule has 3 unspecified atom stereocenters. The average molecular weight is 376 g/mol. The van der Waals surface area contributed by atoms with E-state index in [0.29, 0.717) is 12.0 Å². The Morgan fingerprint density at radius 2 is 2.40 bits per heavy atom. The van der Waals surface area contributed by atoms with Crippen LogP contribution in [0.4, 0.5) is 0 Å². The SMILES string of the molecule is CNC(c1cc(C)c(Br)s1)C1CCOC2(CCSC2)C1. The van der Waals surface area contributed by atoms with E-state index >= 15 is 0 Å². The van der Waals surface area contributed by atoms with Crippen LogP contribution in [0.25, 0.3) is 0 Å². The van der Waals surface area contributed by atoms with Crippen LogP contribution in [0.5, 0.6) is 0 Å². The maximum Gasteiger partial charge on any atom is 0.0783 e. The van der Waals surface area contributed by atoms with Crippen molar-refractivity contribution in [3.05, 3.63) is 20.3 Å². The smallest absolute Gasteiger partial charge is 0.0783 e. The van der Waals surface area contributed by atoms with Crippen molar-refractivity contribution in [3.8, 4) is 0 Å². The van der Waals surface area contributed by atoms with Crippen LogP contribution < -0.4 is 5.32 Å². The highest BCUT2D eigenvalue weighted by molar-refractivity contribution is 9.11. The molecule has 2 aliphatic rings. The molecule has 1 aromatic heterocycles. The van der Waals surface area contributed by atoms with E-state index in [2.05, 4.69) is 53.0 Å². The molecule has 0 saturated carbocycles. The van der Waals surface area contributed by atoms with Crippen LogP contribution in [0.15, 0.2) is 9.85 Å². The van der Waals surface area contributed by atoms with E-state index in [9.17, 15) is 0 Å². The summed E-state index contributed by atoms with van der Waals surface area (Å²) < 4.78 is 7.43. The standard InChI is InChI=1S/C15H22BrNOS2/c1-10-7-12(20-14(10)16)13(17-2)11-3-5-18-15(8-11)4-6-19-9-15/h7,11,13,17H,3-6,8-9H2,1-2H3. The summed E-state index contributed by atoms with van der Waals surface area (Å²) in [4.78, 5) is 1.46. The van der Waals surface area contributed by atoms with E-state index in [1.165, 1.54) is 45.0 Å². The second-order valence-corrected chi connectivity index (χ2v) is 9.47. The topological polar surface area (TPSA) is 21.3 Å². The summed E-state index contributed by atoms with van der Waals surface area (Å²) in [6.07, 6.45) is 3.62. The van der Waals surface area contributed by atoms with Crippen molar-refractivity contribution in [2.75, 3.05) is 25.2 Å². The van der Waals surface area contributed by atoms with Gasteiger partial charge in [-0.2, -0.15) is 11.8 Å². The lowest BCUT2D eigenvalue weighted by Crippen LogP contribution is -2.43. The quantitative estimate of drug-likeness (QED) is 0.846. The van der Waals surface area contributed by atoms with E-state index in [1.54, 1.807) is 0 Å². The number of hydrogen-bond donors (Lipinski definition) is 1. The van der Waals surface area contributed by atoms with Crippen LogP contribution in [-0.2, 0) is 4.74 Å². The van der Waals surface area contributed by atoms with Crippen molar-refractivity contribution < 1.29 is 4.74 Å². The molecule has 0 aromatic carbocycles. The second kappa shape index (κ2) is 6.29. The fraction of sp³-hybridized carbons (Fsp3) is 0.733. The van der Waals surface area contributed by atoms with Crippen molar-refractivity contribution in [1.29, 1.82) is 0 Å². The fourth-order valence-electron chi connectivity index (χ4n) is 3.46. The number of aryl methyl sites for hydroxylation is 1. The van der Waals surface area contributed by atoms with Gasteiger partial charge in [0.05, 0.1) is 9.39 Å². The lowest BCUT2D eigenvalue weighted by atomic mass is 9.80. The molecule has 0 bridgehead atoms. The first-order valence-corrected chi connectivity index (χ1v) is 10.0. The number of rotatable bonds is 3. The second-order valence-electron chi connectivity index (χ2n) is 5.96. The van der Waals surface area contributed by atoms with Crippen LogP contribution in [0, 0.1) is 12.8 Å². The van der Waals surface area contributed by atoms with E-state index in [0.717, 1.165) is 6.61 Å². The molecule has 1 N–H and O–H groups in total. The molecule has 3 heterocycles. The Morgan fingerprint density at radius 1 is 1.55 bits per heavy atom. The molecule has 112 valence electrons. The lowest BCUT2D eigenvalue weighted by Gasteiger charge is -2.40. The van der Waals surface area contributed by atoms with Gasteiger partial charge in [-0.15, -0.1) is 11.3 Å². The van der Waals surface area contributed by atoms with E-state index in [1.807, 2.05) is 11.3 Å². The summed E-state index contributed by atoms with van der Waals surface area (Å²) in [5, 5.41) is 3.56. The van der Waals surface area contributed by atoms with Crippen LogP contribution in [0.1, 0.15) is 35.7 Å². The van der Waals surface area contributed by atoms with Gasteiger partial charge in [0, 0.05) is 23.3 Å². The maximum absolute atomic E-state index is 6.16. The van der Waals surface area contributed by atoms with Gasteiger partial charge in [0.15, 0.2) is 0 Å². The van der Waals surface area contributed by atoms with Crippen molar-refractivity contribution in [2.24, 2.45) is 5.92 Å². The van der Waals surface area contributed by atoms with Gasteiger partial charge in [0.2, 0.25) is 0 Å². The number of hydrogen-bond acceptors (Lipinski definition) is 4. The average Bonchev–Trinajstić information content (AvgIpc) is 2.99. The Balaban J connectivity index is 1.78. The highest BCUT2D eigenvalue weighted by atomic mass is 79.9. The first kappa shape index (κ1) is 15.3. The third kappa shape index (κ3) is 2.98. The van der Waals surface area contributed by atoms with E-state index < -0.39 is 0 Å². The molecule has 2 saturated heterocycles. The zero-order chi connectivity index (χ0) is 14.2. The number of thiophene rings is 1. The van der Waals surface area contributed by atoms with Crippen LogP contribution in [0.3, 0.4) is 0 Å². The molecule has 0 aliphatic carbocycles. The first-order chi connectivity index (χ1) is 9.63. The predicted molar refractivity (Wildman–Crippen MR) is 91.9 cm³/mol. The Hall–Kier alpha value is 0.450. The highest BCUT2D eigenvalue weighted by Crippen LogP contribution is 2.45. The zero-order valence-corrected chi connectivity index (χ0v) is 15.3. The van der Waals surface area contributed by atoms with Crippen molar-refractivity contribution in [1.82, 2.24) is 5.32 Å². The van der Waals surface area contributed by atoms with Gasteiger partial charge < -0.3 is 10.1 Å². The van der Waals surface area contributed by atoms with Crippen LogP contribution in [-0.4, -0.2) is 30.8 Å². The minimum Gasteiger partial charge on any atom is -0.374 e. The molecule has 20 heavy (non-hydrogen) atoms. The summed E-state index contributed by atoms with van der Waals surface area (Å²) in [7, 11) is 2.10. The molecule has 3 atom stereocenters. The minimum absolute atomic E-state index is 0.173. The summed E-state index contributed by atoms with van der Waals surface area (Å²) in [6, 6.07) is 2.80. The highest BCUT2D eigenvalue weighted by Gasteiger charge is 2.42. The zero-order valence-electron chi connectivity index (χ0n) is 12.1. The molecule has 2 aliphatic heterocycles. The van der Waals surface area contributed by atoms with Gasteiger partial charge in [-0.05, 0) is 72.5 Å². The third-order valence-corrected chi connectivity index (χ3v) is 8.01. The molecular weight excluding hydrogens is 354 g/mol. The maximum atomic E-state index is 6.16. The number of ether oxygens (including phenoxy) is 1. The van der Waals surface area contributed by atoms with Gasteiger partial charge >= 0.3 is 0 Å². The van der Waals surface area contributed by atoms with Gasteiger partial charge in [-0.25, -0.2) is 0 Å². The van der Waals surface area contributed by atoms with Gasteiger partial charge in [-0.1, -0.05) is 0 Å². The lowest BCUT2D eigenvalue weighted by molar-refractivity contribution is -0.0848. The molecule has 5 heteroatoms. The van der Waals surface area contributed by atoms with Gasteiger partial charge in [0.25, 0.3) is 0 Å². The monoisotopic (exact) mass is 375 g/mol. The number of thioether (sulfide) groups is 1. The number of halogens is 1. The molecule has 0 amide bonds. The minimum atomic E-state index is 0.173. The Kier molecular flexibility index (Phi) is 4.83. The molecular formula is C15H22BrNOS2. The molecule has 3 rings (SSSR count). The van der Waals surface area contributed by atoms with Gasteiger partial charge in [-0.3, -0.25) is 0 Å². The molecule has 1 aromatic rings. The first-order valence-electron chi connectivity index (χ1n) is 7.28. The summed E-state index contributed by atoms with van der Waals surface area (Å²) in [5.41, 5.74) is 1.52. The predicted octanol–water partition coefficient (Wildman–Crippen LogP) is 4.38. The molecule has 1 spiro atoms. The molecule has 0 radical (unpaired) electrons. The Bertz CT molecular complexity index is 451. The number of nitrogens with one attached hydrogen (secondary N) is 1. The Labute approximate surface area is 138 Å². The molecule has 2 nitrogen and oxygen atoms in total. The van der Waals surface area contributed by atoms with Crippen LogP contribution in [0.2, 0.25) is 0 Å². The fourth-order valence-corrected chi connectivity index (χ4v) is 6.61. The van der Waals surface area contributed by atoms with Crippen molar-refractivity contribution >= 4 is 39.0 Å². The molecule has 2 fully saturated rings. The normalized spacial score (nSPS) is 31.9. The third-order valence-electron chi connectivity index (χ3n) is 4.56. The Morgan fingerprint density at radius 3 is 3.00 bits per heavy atom. The summed E-state index contributed by atoms with van der Waals surface area (Å²) in [6.45, 7) is 3.10.